The first-order chi connectivity index (χ1) is 13.0. The van der Waals surface area contributed by atoms with E-state index >= 15 is 0 Å². The van der Waals surface area contributed by atoms with Gasteiger partial charge in [-0.2, -0.15) is 0 Å². The van der Waals surface area contributed by atoms with E-state index in [0.717, 1.165) is 63.1 Å². The number of anilines is 1. The number of aryl methyl sites for hydroxylation is 1. The van der Waals surface area contributed by atoms with Crippen molar-refractivity contribution in [3.05, 3.63) is 29.8 Å². The summed E-state index contributed by atoms with van der Waals surface area (Å²) in [5.74, 6) is 0.234. The second kappa shape index (κ2) is 8.74. The first-order valence-corrected chi connectivity index (χ1v) is 9.91. The van der Waals surface area contributed by atoms with Gasteiger partial charge in [-0.15, -0.1) is 0 Å². The van der Waals surface area contributed by atoms with Crippen molar-refractivity contribution in [1.82, 2.24) is 9.80 Å². The number of hydrogen-bond donors (Lipinski definition) is 1. The first-order valence-electron chi connectivity index (χ1n) is 9.91. The van der Waals surface area contributed by atoms with Crippen LogP contribution in [0.3, 0.4) is 0 Å². The zero-order valence-electron chi connectivity index (χ0n) is 16.5. The fourth-order valence-electron chi connectivity index (χ4n) is 4.33. The number of para-hydroxylation sites is 1. The normalized spacial score (nSPS) is 23.0. The topological polar surface area (TPSA) is 61.9 Å². The fraction of sp³-hybridized carbons (Fsp3) is 0.619. The number of benzene rings is 1. The number of methoxy groups -OCH3 is 1. The molecule has 1 aromatic rings. The van der Waals surface area contributed by atoms with E-state index in [4.69, 9.17) is 4.74 Å². The first kappa shape index (κ1) is 19.7. The molecule has 2 saturated heterocycles. The molecule has 6 nitrogen and oxygen atoms in total. The number of rotatable bonds is 5. The lowest BCUT2D eigenvalue weighted by Crippen LogP contribution is -2.55. The summed E-state index contributed by atoms with van der Waals surface area (Å²) in [6.45, 7) is 5.66. The van der Waals surface area contributed by atoms with E-state index in [0.29, 0.717) is 13.0 Å². The summed E-state index contributed by atoms with van der Waals surface area (Å²) in [7, 11) is 1.69. The van der Waals surface area contributed by atoms with Crippen LogP contribution < -0.4 is 5.32 Å². The Hall–Kier alpha value is -2.08. The molecular formula is C21H31N3O3. The number of amides is 3. The minimum absolute atomic E-state index is 0.0301. The summed E-state index contributed by atoms with van der Waals surface area (Å²) in [6.07, 6.45) is 4.38. The van der Waals surface area contributed by atoms with Crippen molar-refractivity contribution in [3.63, 3.8) is 0 Å². The number of nitrogens with zero attached hydrogens (tertiary/aromatic N) is 2. The number of ether oxygens (including phenoxy) is 1. The Kier molecular flexibility index (Phi) is 6.37. The van der Waals surface area contributed by atoms with Gasteiger partial charge in [-0.05, 0) is 44.2 Å². The molecule has 6 heteroatoms. The average molecular weight is 373 g/mol. The predicted octanol–water partition coefficient (Wildman–Crippen LogP) is 3.27. The molecule has 2 fully saturated rings. The van der Waals surface area contributed by atoms with Crippen LogP contribution in [0.15, 0.2) is 24.3 Å². The minimum Gasteiger partial charge on any atom is -0.385 e. The predicted molar refractivity (Wildman–Crippen MR) is 106 cm³/mol. The van der Waals surface area contributed by atoms with Gasteiger partial charge in [0, 0.05) is 57.4 Å². The third kappa shape index (κ3) is 4.80. The lowest BCUT2D eigenvalue weighted by Gasteiger charge is -2.48. The molecule has 27 heavy (non-hydrogen) atoms. The number of nitrogens with one attached hydrogen (secondary N) is 1. The average Bonchev–Trinajstić information content (AvgIpc) is 2.67. The van der Waals surface area contributed by atoms with Gasteiger partial charge in [0.05, 0.1) is 0 Å². The number of piperidine rings is 2. The number of likely N-dealkylation sites (tertiary alicyclic amines) is 2. The van der Waals surface area contributed by atoms with Gasteiger partial charge in [-0.1, -0.05) is 18.2 Å². The lowest BCUT2D eigenvalue weighted by molar-refractivity contribution is -0.139. The molecule has 2 aliphatic rings. The smallest absolute Gasteiger partial charge is 0.321 e. The number of hydrogen-bond acceptors (Lipinski definition) is 3. The molecule has 0 aromatic heterocycles. The Morgan fingerprint density at radius 2 is 2.07 bits per heavy atom. The van der Waals surface area contributed by atoms with Crippen LogP contribution in [0, 0.1) is 12.3 Å². The highest BCUT2D eigenvalue weighted by atomic mass is 16.5. The van der Waals surface area contributed by atoms with Crippen LogP contribution in [0.1, 0.15) is 37.7 Å². The third-order valence-corrected chi connectivity index (χ3v) is 5.86. The van der Waals surface area contributed by atoms with Crippen LogP contribution in [-0.2, 0) is 9.53 Å². The number of urea groups is 1. The lowest BCUT2D eigenvalue weighted by atomic mass is 9.73. The van der Waals surface area contributed by atoms with Crippen LogP contribution in [0.5, 0.6) is 0 Å². The van der Waals surface area contributed by atoms with E-state index < -0.39 is 0 Å². The molecule has 3 amide bonds. The molecular weight excluding hydrogens is 342 g/mol. The monoisotopic (exact) mass is 373 g/mol. The third-order valence-electron chi connectivity index (χ3n) is 5.86. The van der Waals surface area contributed by atoms with E-state index in [1.54, 1.807) is 7.11 Å². The van der Waals surface area contributed by atoms with Gasteiger partial charge in [0.25, 0.3) is 0 Å². The number of carbonyl (C=O) groups is 2. The Balaban J connectivity index is 1.63. The maximum absolute atomic E-state index is 12.8. The van der Waals surface area contributed by atoms with E-state index in [1.807, 2.05) is 41.0 Å². The van der Waals surface area contributed by atoms with Crippen LogP contribution in [0.2, 0.25) is 0 Å². The maximum Gasteiger partial charge on any atom is 0.321 e. The molecule has 1 unspecified atom stereocenters. The molecule has 1 spiro atoms. The Morgan fingerprint density at radius 3 is 2.85 bits per heavy atom. The van der Waals surface area contributed by atoms with Gasteiger partial charge in [0.2, 0.25) is 5.91 Å². The van der Waals surface area contributed by atoms with Crippen LogP contribution in [-0.4, -0.2) is 61.6 Å². The van der Waals surface area contributed by atoms with E-state index in [9.17, 15) is 9.59 Å². The van der Waals surface area contributed by atoms with Crippen LogP contribution in [0.25, 0.3) is 0 Å². The molecule has 0 bridgehead atoms. The van der Waals surface area contributed by atoms with Crippen molar-refractivity contribution in [2.24, 2.45) is 5.41 Å². The molecule has 1 atom stereocenters. The Morgan fingerprint density at radius 1 is 1.26 bits per heavy atom. The molecule has 1 aromatic carbocycles. The summed E-state index contributed by atoms with van der Waals surface area (Å²) in [6, 6.07) is 7.80. The number of carbonyl (C=O) groups excluding carboxylic acids is 2. The molecule has 3 rings (SSSR count). The minimum atomic E-state index is -0.0359. The summed E-state index contributed by atoms with van der Waals surface area (Å²) in [5.41, 5.74) is 1.95. The molecule has 2 heterocycles. The molecule has 0 aliphatic carbocycles. The van der Waals surface area contributed by atoms with Crippen molar-refractivity contribution in [2.45, 2.75) is 39.0 Å². The van der Waals surface area contributed by atoms with E-state index in [2.05, 4.69) is 5.32 Å². The van der Waals surface area contributed by atoms with Crippen LogP contribution >= 0.6 is 0 Å². The van der Waals surface area contributed by atoms with Crippen molar-refractivity contribution >= 4 is 17.6 Å². The molecule has 2 aliphatic heterocycles. The maximum atomic E-state index is 12.8. The largest absolute Gasteiger partial charge is 0.385 e. The summed E-state index contributed by atoms with van der Waals surface area (Å²) < 4.78 is 5.12. The second-order valence-corrected chi connectivity index (χ2v) is 7.93. The van der Waals surface area contributed by atoms with Crippen LogP contribution in [0.4, 0.5) is 10.5 Å². The zero-order chi connectivity index (χ0) is 19.3. The van der Waals surface area contributed by atoms with Gasteiger partial charge < -0.3 is 19.9 Å². The summed E-state index contributed by atoms with van der Waals surface area (Å²) in [5, 5.41) is 3.05. The SMILES string of the molecule is COCCCN1CC2(CCCN(C(=O)Nc3ccccc3C)C2)CCC1=O. The zero-order valence-corrected chi connectivity index (χ0v) is 16.5. The van der Waals surface area contributed by atoms with Gasteiger partial charge in [-0.25, -0.2) is 4.79 Å². The Bertz CT molecular complexity index is 678. The quantitative estimate of drug-likeness (QED) is 0.806. The van der Waals surface area contributed by atoms with Crippen molar-refractivity contribution in [3.8, 4) is 0 Å². The van der Waals surface area contributed by atoms with Gasteiger partial charge >= 0.3 is 6.03 Å². The molecule has 1 N–H and O–H groups in total. The van der Waals surface area contributed by atoms with E-state index in [-0.39, 0.29) is 17.4 Å². The summed E-state index contributed by atoms with van der Waals surface area (Å²) >= 11 is 0. The van der Waals surface area contributed by atoms with Crippen molar-refractivity contribution in [2.75, 3.05) is 45.2 Å². The van der Waals surface area contributed by atoms with E-state index in [1.165, 1.54) is 0 Å². The highest BCUT2D eigenvalue weighted by molar-refractivity contribution is 5.90. The highest BCUT2D eigenvalue weighted by Gasteiger charge is 2.42. The second-order valence-electron chi connectivity index (χ2n) is 7.93. The fourth-order valence-corrected chi connectivity index (χ4v) is 4.33. The van der Waals surface area contributed by atoms with Gasteiger partial charge in [0.15, 0.2) is 0 Å². The van der Waals surface area contributed by atoms with Crippen molar-refractivity contribution in [1.29, 1.82) is 0 Å². The van der Waals surface area contributed by atoms with Gasteiger partial charge in [-0.3, -0.25) is 4.79 Å². The highest BCUT2D eigenvalue weighted by Crippen LogP contribution is 2.39. The van der Waals surface area contributed by atoms with Crippen molar-refractivity contribution < 1.29 is 14.3 Å². The van der Waals surface area contributed by atoms with Gasteiger partial charge in [0.1, 0.15) is 0 Å². The Labute approximate surface area is 161 Å². The molecule has 148 valence electrons. The molecule has 0 saturated carbocycles. The standard InChI is InChI=1S/C21H31N3O3/c1-17-7-3-4-8-18(17)22-20(26)24-12-5-10-21(16-24)11-9-19(25)23(15-21)13-6-14-27-2/h3-4,7-8H,5-6,9-16H2,1-2H3,(H,22,26). The molecule has 0 radical (unpaired) electrons. The summed E-state index contributed by atoms with van der Waals surface area (Å²) in [4.78, 5) is 29.0.